The molecule has 1 aromatic carbocycles. The summed E-state index contributed by atoms with van der Waals surface area (Å²) < 4.78 is 76.8. The highest BCUT2D eigenvalue weighted by molar-refractivity contribution is 5.97. The molecule has 4 nitrogen and oxygen atoms in total. The summed E-state index contributed by atoms with van der Waals surface area (Å²) >= 11 is 0. The zero-order valence-corrected chi connectivity index (χ0v) is 13.1. The molecule has 1 N–H and O–H groups in total. The third kappa shape index (κ3) is 4.05. The van der Waals surface area contributed by atoms with E-state index in [2.05, 4.69) is 5.32 Å². The Balaban J connectivity index is 2.33. The van der Waals surface area contributed by atoms with Crippen LogP contribution in [0.4, 0.5) is 32.0 Å². The molecule has 1 fully saturated rings. The minimum absolute atomic E-state index is 0.0227. The Morgan fingerprint density at radius 1 is 1.08 bits per heavy atom. The van der Waals surface area contributed by atoms with Crippen LogP contribution in [0, 0.1) is 5.92 Å². The Morgan fingerprint density at radius 2 is 1.56 bits per heavy atom. The summed E-state index contributed by atoms with van der Waals surface area (Å²) in [5.41, 5.74) is -3.67. The molecule has 1 aromatic rings. The Kier molecular flexibility index (Phi) is 4.75. The van der Waals surface area contributed by atoms with Gasteiger partial charge in [-0.15, -0.1) is 0 Å². The van der Waals surface area contributed by atoms with E-state index < -0.39 is 47.0 Å². The SMILES string of the molecule is CC1C(C(=O)Nc2cc(C(F)(F)F)cc(C(F)(F)F)c2)CC(=O)N1C. The first kappa shape index (κ1) is 19.1. The minimum atomic E-state index is -5.00. The van der Waals surface area contributed by atoms with E-state index in [1.165, 1.54) is 11.9 Å². The number of nitrogens with zero attached hydrogens (tertiary/aromatic N) is 1. The molecule has 1 saturated heterocycles. The number of anilines is 1. The first-order valence-corrected chi connectivity index (χ1v) is 7.16. The van der Waals surface area contributed by atoms with Crippen molar-refractivity contribution in [2.75, 3.05) is 12.4 Å². The molecule has 0 radical (unpaired) electrons. The van der Waals surface area contributed by atoms with Crippen molar-refractivity contribution >= 4 is 17.5 Å². The molecule has 2 rings (SSSR count). The summed E-state index contributed by atoms with van der Waals surface area (Å²) in [6.45, 7) is 1.57. The predicted octanol–water partition coefficient (Wildman–Crippen LogP) is 3.53. The second kappa shape index (κ2) is 6.23. The average Bonchev–Trinajstić information content (AvgIpc) is 2.73. The van der Waals surface area contributed by atoms with Crippen LogP contribution in [0.2, 0.25) is 0 Å². The van der Waals surface area contributed by atoms with Crippen LogP contribution in [0.1, 0.15) is 24.5 Å². The summed E-state index contributed by atoms with van der Waals surface area (Å²) in [4.78, 5) is 25.1. The molecule has 2 amide bonds. The van der Waals surface area contributed by atoms with Crippen LogP contribution in [-0.2, 0) is 21.9 Å². The van der Waals surface area contributed by atoms with Crippen molar-refractivity contribution < 1.29 is 35.9 Å². The molecule has 1 heterocycles. The number of hydrogen-bond acceptors (Lipinski definition) is 2. The maximum absolute atomic E-state index is 12.8. The third-order valence-corrected chi connectivity index (χ3v) is 4.17. The molecular formula is C15H14F6N2O2. The minimum Gasteiger partial charge on any atom is -0.342 e. The van der Waals surface area contributed by atoms with Crippen molar-refractivity contribution in [1.82, 2.24) is 4.90 Å². The van der Waals surface area contributed by atoms with E-state index in [9.17, 15) is 35.9 Å². The number of amides is 2. The average molecular weight is 368 g/mol. The fraction of sp³-hybridized carbons (Fsp3) is 0.467. The normalized spacial score (nSPS) is 21.6. The van der Waals surface area contributed by atoms with E-state index >= 15 is 0 Å². The summed E-state index contributed by atoms with van der Waals surface area (Å²) in [7, 11) is 1.46. The zero-order valence-electron chi connectivity index (χ0n) is 13.1. The van der Waals surface area contributed by atoms with E-state index in [0.29, 0.717) is 12.1 Å². The van der Waals surface area contributed by atoms with Crippen molar-refractivity contribution in [2.45, 2.75) is 31.7 Å². The van der Waals surface area contributed by atoms with Gasteiger partial charge >= 0.3 is 12.4 Å². The molecule has 138 valence electrons. The highest BCUT2D eigenvalue weighted by Gasteiger charge is 2.40. The number of likely N-dealkylation sites (tertiary alicyclic amines) is 1. The van der Waals surface area contributed by atoms with Gasteiger partial charge in [0.1, 0.15) is 0 Å². The van der Waals surface area contributed by atoms with Crippen molar-refractivity contribution in [3.63, 3.8) is 0 Å². The lowest BCUT2D eigenvalue weighted by atomic mass is 10.0. The number of carbonyl (C=O) groups is 2. The Bertz CT molecular complexity index is 666. The monoisotopic (exact) mass is 368 g/mol. The van der Waals surface area contributed by atoms with Crippen LogP contribution in [0.15, 0.2) is 18.2 Å². The first-order chi connectivity index (χ1) is 11.3. The second-order valence-electron chi connectivity index (χ2n) is 5.84. The van der Waals surface area contributed by atoms with Gasteiger partial charge in [-0.25, -0.2) is 0 Å². The van der Waals surface area contributed by atoms with Gasteiger partial charge < -0.3 is 10.2 Å². The van der Waals surface area contributed by atoms with E-state index in [-0.39, 0.29) is 18.4 Å². The van der Waals surface area contributed by atoms with Gasteiger partial charge in [0, 0.05) is 25.2 Å². The highest BCUT2D eigenvalue weighted by atomic mass is 19.4. The molecule has 25 heavy (non-hydrogen) atoms. The maximum atomic E-state index is 12.8. The topological polar surface area (TPSA) is 49.4 Å². The molecule has 1 aliphatic heterocycles. The van der Waals surface area contributed by atoms with Crippen LogP contribution in [0.5, 0.6) is 0 Å². The number of rotatable bonds is 2. The number of alkyl halides is 6. The van der Waals surface area contributed by atoms with Gasteiger partial charge in [0.25, 0.3) is 0 Å². The highest BCUT2D eigenvalue weighted by Crippen LogP contribution is 2.37. The molecule has 1 aliphatic rings. The van der Waals surface area contributed by atoms with Gasteiger partial charge in [-0.05, 0) is 25.1 Å². The van der Waals surface area contributed by atoms with E-state index in [4.69, 9.17) is 0 Å². The predicted molar refractivity (Wildman–Crippen MR) is 75.4 cm³/mol. The standard InChI is InChI=1S/C15H14F6N2O2/c1-7-11(6-12(24)23(7)2)13(25)22-10-4-8(14(16,17)18)3-9(5-10)15(19,20)21/h3-5,7,11H,6H2,1-2H3,(H,22,25). The fourth-order valence-electron chi connectivity index (χ4n) is 2.57. The quantitative estimate of drug-likeness (QED) is 0.812. The fourth-order valence-corrected chi connectivity index (χ4v) is 2.57. The molecule has 0 bridgehead atoms. The zero-order chi connectivity index (χ0) is 19.2. The first-order valence-electron chi connectivity index (χ1n) is 7.16. The third-order valence-electron chi connectivity index (χ3n) is 4.17. The molecule has 0 aromatic heterocycles. The number of benzene rings is 1. The van der Waals surface area contributed by atoms with Gasteiger partial charge in [-0.2, -0.15) is 26.3 Å². The summed E-state index contributed by atoms with van der Waals surface area (Å²) in [6, 6.07) is 0.322. The summed E-state index contributed by atoms with van der Waals surface area (Å²) in [5, 5.41) is 2.06. The maximum Gasteiger partial charge on any atom is 0.416 e. The molecule has 10 heteroatoms. The van der Waals surface area contributed by atoms with Gasteiger partial charge in [0.05, 0.1) is 17.0 Å². The lowest BCUT2D eigenvalue weighted by Crippen LogP contribution is -2.34. The molecule has 2 atom stereocenters. The van der Waals surface area contributed by atoms with Crippen molar-refractivity contribution in [3.05, 3.63) is 29.3 Å². The van der Waals surface area contributed by atoms with Crippen molar-refractivity contribution in [1.29, 1.82) is 0 Å². The van der Waals surface area contributed by atoms with Gasteiger partial charge in [-0.3, -0.25) is 9.59 Å². The largest absolute Gasteiger partial charge is 0.416 e. The Morgan fingerprint density at radius 3 is 1.92 bits per heavy atom. The van der Waals surface area contributed by atoms with Crippen LogP contribution in [0.25, 0.3) is 0 Å². The van der Waals surface area contributed by atoms with Crippen LogP contribution >= 0.6 is 0 Å². The van der Waals surface area contributed by atoms with Crippen molar-refractivity contribution in [2.24, 2.45) is 5.92 Å². The van der Waals surface area contributed by atoms with Crippen LogP contribution < -0.4 is 5.32 Å². The van der Waals surface area contributed by atoms with Crippen LogP contribution in [0.3, 0.4) is 0 Å². The molecular weight excluding hydrogens is 354 g/mol. The molecule has 0 aliphatic carbocycles. The molecule has 0 saturated carbocycles. The van der Waals surface area contributed by atoms with E-state index in [1.54, 1.807) is 6.92 Å². The molecule has 0 spiro atoms. The number of hydrogen-bond donors (Lipinski definition) is 1. The number of halogens is 6. The lowest BCUT2D eigenvalue weighted by Gasteiger charge is -2.20. The van der Waals surface area contributed by atoms with Gasteiger partial charge in [0.15, 0.2) is 0 Å². The van der Waals surface area contributed by atoms with Gasteiger partial charge in [0.2, 0.25) is 11.8 Å². The lowest BCUT2D eigenvalue weighted by molar-refractivity contribution is -0.143. The summed E-state index contributed by atoms with van der Waals surface area (Å²) in [5.74, 6) is -1.99. The smallest absolute Gasteiger partial charge is 0.342 e. The number of nitrogens with one attached hydrogen (secondary N) is 1. The van der Waals surface area contributed by atoms with E-state index in [1.807, 2.05) is 0 Å². The van der Waals surface area contributed by atoms with Gasteiger partial charge in [-0.1, -0.05) is 0 Å². The Labute approximate surface area is 138 Å². The van der Waals surface area contributed by atoms with Crippen molar-refractivity contribution in [3.8, 4) is 0 Å². The second-order valence-corrected chi connectivity index (χ2v) is 5.84. The van der Waals surface area contributed by atoms with E-state index in [0.717, 1.165) is 0 Å². The molecule has 2 unspecified atom stereocenters. The Hall–Kier alpha value is -2.26. The van der Waals surface area contributed by atoms with Crippen LogP contribution in [-0.4, -0.2) is 29.8 Å². The summed E-state index contributed by atoms with van der Waals surface area (Å²) in [6.07, 6.45) is -10.2. The number of carbonyl (C=O) groups excluding carboxylic acids is 2.